The number of carbonyl (C=O) groups excluding carboxylic acids is 2. The largest absolute Gasteiger partial charge is 0.281 e. The summed E-state index contributed by atoms with van der Waals surface area (Å²) in [6.45, 7) is 1.75. The van der Waals surface area contributed by atoms with Crippen molar-refractivity contribution in [1.82, 2.24) is 15.8 Å². The van der Waals surface area contributed by atoms with Crippen molar-refractivity contribution in [1.29, 1.82) is 0 Å². The molecule has 0 fully saturated rings. The van der Waals surface area contributed by atoms with E-state index in [4.69, 9.17) is 23.2 Å². The van der Waals surface area contributed by atoms with E-state index in [1.165, 1.54) is 23.5 Å². The monoisotopic (exact) mass is 405 g/mol. The molecule has 26 heavy (non-hydrogen) atoms. The molecule has 3 aromatic rings. The fraction of sp³-hybridized carbons (Fsp3) is 0.0556. The van der Waals surface area contributed by atoms with E-state index >= 15 is 0 Å². The molecule has 0 spiro atoms. The number of aryl methyl sites for hydroxylation is 1. The summed E-state index contributed by atoms with van der Waals surface area (Å²) < 4.78 is 0. The SMILES string of the molecule is Cc1nc(-c2ccccc2)sc1C(=O)NNC(=O)c1ccc(Cl)cc1Cl. The Morgan fingerprint density at radius 3 is 2.38 bits per heavy atom. The molecule has 0 saturated carbocycles. The molecule has 0 radical (unpaired) electrons. The van der Waals surface area contributed by atoms with Crippen LogP contribution in [0, 0.1) is 6.92 Å². The maximum Gasteiger partial charge on any atom is 0.281 e. The average molecular weight is 406 g/mol. The summed E-state index contributed by atoms with van der Waals surface area (Å²) in [5.74, 6) is -0.980. The Balaban J connectivity index is 1.71. The Kier molecular flexibility index (Phi) is 5.56. The number of aromatic nitrogens is 1. The molecule has 0 saturated heterocycles. The van der Waals surface area contributed by atoms with Crippen molar-refractivity contribution in [2.24, 2.45) is 0 Å². The van der Waals surface area contributed by atoms with Gasteiger partial charge >= 0.3 is 0 Å². The van der Waals surface area contributed by atoms with Gasteiger partial charge in [0.15, 0.2) is 0 Å². The lowest BCUT2D eigenvalue weighted by Crippen LogP contribution is -2.41. The van der Waals surface area contributed by atoms with Gasteiger partial charge in [0.1, 0.15) is 9.88 Å². The standard InChI is InChI=1S/C18H13Cl2N3O2S/c1-10-15(26-18(21-10)11-5-3-2-4-6-11)17(25)23-22-16(24)13-8-7-12(19)9-14(13)20/h2-9H,1H3,(H,22,24)(H,23,25). The zero-order valence-electron chi connectivity index (χ0n) is 13.5. The Bertz CT molecular complexity index is 974. The van der Waals surface area contributed by atoms with E-state index in [2.05, 4.69) is 15.8 Å². The summed E-state index contributed by atoms with van der Waals surface area (Å²) in [6, 6.07) is 14.0. The summed E-state index contributed by atoms with van der Waals surface area (Å²) in [4.78, 5) is 29.4. The van der Waals surface area contributed by atoms with Crippen LogP contribution in [0.3, 0.4) is 0 Å². The van der Waals surface area contributed by atoms with Crippen LogP contribution in [0.25, 0.3) is 10.6 Å². The van der Waals surface area contributed by atoms with E-state index in [1.807, 2.05) is 30.3 Å². The Labute approximate surface area is 163 Å². The van der Waals surface area contributed by atoms with Crippen molar-refractivity contribution in [3.8, 4) is 10.6 Å². The second-order valence-electron chi connectivity index (χ2n) is 5.33. The summed E-state index contributed by atoms with van der Waals surface area (Å²) in [7, 11) is 0. The molecule has 2 aromatic carbocycles. The van der Waals surface area contributed by atoms with Crippen LogP contribution in [0.4, 0.5) is 0 Å². The third kappa shape index (κ3) is 4.04. The fourth-order valence-corrected chi connectivity index (χ4v) is 3.68. The number of thiazole rings is 1. The summed E-state index contributed by atoms with van der Waals surface area (Å²) in [5, 5.41) is 1.36. The van der Waals surface area contributed by atoms with Crippen molar-refractivity contribution in [3.63, 3.8) is 0 Å². The maximum atomic E-state index is 12.4. The van der Waals surface area contributed by atoms with Crippen LogP contribution in [0.15, 0.2) is 48.5 Å². The van der Waals surface area contributed by atoms with Gasteiger partial charge < -0.3 is 0 Å². The van der Waals surface area contributed by atoms with E-state index in [9.17, 15) is 9.59 Å². The van der Waals surface area contributed by atoms with Crippen LogP contribution in [0.5, 0.6) is 0 Å². The molecule has 132 valence electrons. The number of halogens is 2. The van der Waals surface area contributed by atoms with Crippen molar-refractivity contribution in [2.45, 2.75) is 6.92 Å². The van der Waals surface area contributed by atoms with Gasteiger partial charge in [-0.15, -0.1) is 11.3 Å². The lowest BCUT2D eigenvalue weighted by Gasteiger charge is -2.08. The fourth-order valence-electron chi connectivity index (χ4n) is 2.22. The quantitative estimate of drug-likeness (QED) is 0.630. The number of benzene rings is 2. The van der Waals surface area contributed by atoms with E-state index < -0.39 is 11.8 Å². The highest BCUT2D eigenvalue weighted by Gasteiger charge is 2.18. The molecule has 1 aromatic heterocycles. The van der Waals surface area contributed by atoms with Gasteiger partial charge in [-0.25, -0.2) is 4.98 Å². The Hall–Kier alpha value is -2.41. The van der Waals surface area contributed by atoms with Gasteiger partial charge in [-0.1, -0.05) is 53.5 Å². The lowest BCUT2D eigenvalue weighted by molar-refractivity contribution is 0.0848. The molecule has 2 amide bonds. The molecular formula is C18H13Cl2N3O2S. The molecule has 2 N–H and O–H groups in total. The van der Waals surface area contributed by atoms with Gasteiger partial charge in [0.05, 0.1) is 16.3 Å². The maximum absolute atomic E-state index is 12.4. The van der Waals surface area contributed by atoms with Crippen molar-refractivity contribution < 1.29 is 9.59 Å². The third-order valence-electron chi connectivity index (χ3n) is 3.49. The first-order valence-corrected chi connectivity index (χ1v) is 9.11. The molecule has 0 unspecified atom stereocenters. The lowest BCUT2D eigenvalue weighted by atomic mass is 10.2. The third-order valence-corrected chi connectivity index (χ3v) is 5.24. The summed E-state index contributed by atoms with van der Waals surface area (Å²) in [6.07, 6.45) is 0. The van der Waals surface area contributed by atoms with E-state index in [-0.39, 0.29) is 10.6 Å². The van der Waals surface area contributed by atoms with Gasteiger partial charge in [0.2, 0.25) is 0 Å². The van der Waals surface area contributed by atoms with Gasteiger partial charge in [0.25, 0.3) is 11.8 Å². The van der Waals surface area contributed by atoms with E-state index in [0.29, 0.717) is 15.6 Å². The molecule has 5 nitrogen and oxygen atoms in total. The summed E-state index contributed by atoms with van der Waals surface area (Å²) in [5.41, 5.74) is 6.46. The first-order valence-electron chi connectivity index (χ1n) is 7.54. The minimum Gasteiger partial charge on any atom is -0.267 e. The highest BCUT2D eigenvalue weighted by atomic mass is 35.5. The van der Waals surface area contributed by atoms with Gasteiger partial charge in [-0.05, 0) is 25.1 Å². The second-order valence-corrected chi connectivity index (χ2v) is 7.17. The van der Waals surface area contributed by atoms with Crippen LogP contribution in [0.1, 0.15) is 25.7 Å². The molecular weight excluding hydrogens is 393 g/mol. The molecule has 0 atom stereocenters. The van der Waals surface area contributed by atoms with Crippen molar-refractivity contribution in [3.05, 3.63) is 74.7 Å². The second kappa shape index (κ2) is 7.86. The predicted octanol–water partition coefficient (Wildman–Crippen LogP) is 4.50. The highest BCUT2D eigenvalue weighted by molar-refractivity contribution is 7.17. The molecule has 0 aliphatic carbocycles. The smallest absolute Gasteiger partial charge is 0.267 e. The zero-order chi connectivity index (χ0) is 18.7. The highest BCUT2D eigenvalue weighted by Crippen LogP contribution is 2.27. The van der Waals surface area contributed by atoms with E-state index in [1.54, 1.807) is 13.0 Å². The number of hydrogen-bond donors (Lipinski definition) is 2. The number of nitrogens with zero attached hydrogens (tertiary/aromatic N) is 1. The number of amides is 2. The van der Waals surface area contributed by atoms with Crippen LogP contribution < -0.4 is 10.9 Å². The van der Waals surface area contributed by atoms with Crippen LogP contribution in [0.2, 0.25) is 10.0 Å². The zero-order valence-corrected chi connectivity index (χ0v) is 15.9. The molecule has 0 aliphatic heterocycles. The Morgan fingerprint density at radius 1 is 1.00 bits per heavy atom. The van der Waals surface area contributed by atoms with Gasteiger partial charge in [-0.3, -0.25) is 20.4 Å². The molecule has 0 aliphatic rings. The minimum absolute atomic E-state index is 0.199. The summed E-state index contributed by atoms with van der Waals surface area (Å²) >= 11 is 13.1. The van der Waals surface area contributed by atoms with Gasteiger partial charge in [0, 0.05) is 10.6 Å². The van der Waals surface area contributed by atoms with Crippen molar-refractivity contribution in [2.75, 3.05) is 0 Å². The number of nitrogens with one attached hydrogen (secondary N) is 2. The molecule has 8 heteroatoms. The normalized spacial score (nSPS) is 10.4. The first kappa shape index (κ1) is 18.4. The molecule has 0 bridgehead atoms. The Morgan fingerprint density at radius 2 is 1.69 bits per heavy atom. The van der Waals surface area contributed by atoms with Crippen LogP contribution in [-0.2, 0) is 0 Å². The van der Waals surface area contributed by atoms with Crippen molar-refractivity contribution >= 4 is 46.4 Å². The topological polar surface area (TPSA) is 71.1 Å². The van der Waals surface area contributed by atoms with Gasteiger partial charge in [-0.2, -0.15) is 0 Å². The number of hydrazine groups is 1. The number of hydrogen-bond acceptors (Lipinski definition) is 4. The predicted molar refractivity (Wildman–Crippen MR) is 104 cm³/mol. The number of rotatable bonds is 3. The average Bonchev–Trinajstić information content (AvgIpc) is 3.02. The molecule has 1 heterocycles. The minimum atomic E-state index is -0.537. The molecule has 3 rings (SSSR count). The van der Waals surface area contributed by atoms with Crippen LogP contribution in [-0.4, -0.2) is 16.8 Å². The first-order chi connectivity index (χ1) is 12.5. The van der Waals surface area contributed by atoms with Crippen LogP contribution >= 0.6 is 34.5 Å². The van der Waals surface area contributed by atoms with E-state index in [0.717, 1.165) is 10.6 Å². The number of carbonyl (C=O) groups is 2.